The van der Waals surface area contributed by atoms with Crippen molar-refractivity contribution in [1.82, 2.24) is 0 Å². The van der Waals surface area contributed by atoms with Crippen molar-refractivity contribution >= 4 is 23.0 Å². The Kier molecular flexibility index (Phi) is 5.66. The topological polar surface area (TPSA) is 29.3 Å². The Labute approximate surface area is 132 Å². The monoisotopic (exact) mass is 302 g/mol. The molecule has 1 atom stereocenters. The highest BCUT2D eigenvalue weighted by molar-refractivity contribution is 6.31. The number of rotatable bonds is 6. The Balaban J connectivity index is 2.35. The second-order valence-corrected chi connectivity index (χ2v) is 5.74. The molecule has 1 unspecified atom stereocenters. The van der Waals surface area contributed by atoms with Crippen molar-refractivity contribution in [2.75, 3.05) is 11.4 Å². The maximum absolute atomic E-state index is 6.38. The maximum Gasteiger partial charge on any atom is 0.0474 e. The zero-order valence-electron chi connectivity index (χ0n) is 12.7. The number of benzene rings is 2. The van der Waals surface area contributed by atoms with E-state index in [-0.39, 0.29) is 6.04 Å². The Hall–Kier alpha value is -1.51. The molecule has 0 spiro atoms. The van der Waals surface area contributed by atoms with Crippen molar-refractivity contribution in [3.05, 3.63) is 59.1 Å². The molecule has 0 saturated heterocycles. The van der Waals surface area contributed by atoms with Crippen LogP contribution in [0, 0.1) is 0 Å². The molecule has 112 valence electrons. The van der Waals surface area contributed by atoms with Gasteiger partial charge in [0, 0.05) is 29.0 Å². The van der Waals surface area contributed by atoms with E-state index in [2.05, 4.69) is 42.2 Å². The van der Waals surface area contributed by atoms with Gasteiger partial charge in [-0.15, -0.1) is 0 Å². The minimum absolute atomic E-state index is 0.0487. The lowest BCUT2D eigenvalue weighted by Gasteiger charge is -2.26. The van der Waals surface area contributed by atoms with Crippen LogP contribution in [-0.4, -0.2) is 6.54 Å². The van der Waals surface area contributed by atoms with E-state index in [1.54, 1.807) is 0 Å². The van der Waals surface area contributed by atoms with Crippen LogP contribution in [0.4, 0.5) is 11.4 Å². The molecule has 0 bridgehead atoms. The molecule has 0 heterocycles. The van der Waals surface area contributed by atoms with E-state index < -0.39 is 0 Å². The predicted octanol–water partition coefficient (Wildman–Crippen LogP) is 5.30. The number of para-hydroxylation sites is 1. The predicted molar refractivity (Wildman–Crippen MR) is 92.4 cm³/mol. The first-order chi connectivity index (χ1) is 10.1. The molecule has 0 radical (unpaired) electrons. The van der Waals surface area contributed by atoms with Gasteiger partial charge in [0.05, 0.1) is 0 Å². The van der Waals surface area contributed by atoms with Crippen molar-refractivity contribution in [2.24, 2.45) is 5.73 Å². The van der Waals surface area contributed by atoms with E-state index in [1.807, 2.05) is 25.1 Å². The van der Waals surface area contributed by atoms with Crippen molar-refractivity contribution in [3.63, 3.8) is 0 Å². The minimum Gasteiger partial charge on any atom is -0.341 e. The van der Waals surface area contributed by atoms with Gasteiger partial charge in [0.15, 0.2) is 0 Å². The number of hydrogen-bond donors (Lipinski definition) is 1. The normalized spacial score (nSPS) is 12.2. The summed E-state index contributed by atoms with van der Waals surface area (Å²) in [5, 5.41) is 0.736. The number of anilines is 2. The van der Waals surface area contributed by atoms with Crippen LogP contribution in [0.15, 0.2) is 48.5 Å². The largest absolute Gasteiger partial charge is 0.341 e. The van der Waals surface area contributed by atoms with E-state index in [1.165, 1.54) is 5.69 Å². The third-order valence-corrected chi connectivity index (χ3v) is 3.92. The molecule has 3 heteroatoms. The molecule has 0 saturated carbocycles. The van der Waals surface area contributed by atoms with Gasteiger partial charge in [-0.3, -0.25) is 0 Å². The van der Waals surface area contributed by atoms with Gasteiger partial charge in [-0.05, 0) is 43.2 Å². The molecule has 0 aromatic heterocycles. The summed E-state index contributed by atoms with van der Waals surface area (Å²) in [7, 11) is 0. The molecule has 2 aromatic carbocycles. The number of unbranched alkanes of at least 4 members (excludes halogenated alkanes) is 1. The van der Waals surface area contributed by atoms with Crippen LogP contribution >= 0.6 is 11.6 Å². The van der Waals surface area contributed by atoms with Crippen LogP contribution in [0.1, 0.15) is 38.3 Å². The lowest BCUT2D eigenvalue weighted by Crippen LogP contribution is -2.18. The van der Waals surface area contributed by atoms with Crippen molar-refractivity contribution in [1.29, 1.82) is 0 Å². The first-order valence-electron chi connectivity index (χ1n) is 7.51. The molecule has 2 nitrogen and oxygen atoms in total. The van der Waals surface area contributed by atoms with Gasteiger partial charge in [-0.2, -0.15) is 0 Å². The second kappa shape index (κ2) is 7.48. The lowest BCUT2D eigenvalue weighted by molar-refractivity contribution is 0.784. The Morgan fingerprint density at radius 1 is 1.10 bits per heavy atom. The summed E-state index contributed by atoms with van der Waals surface area (Å²) in [4.78, 5) is 2.31. The number of hydrogen-bond acceptors (Lipinski definition) is 2. The molecule has 2 N–H and O–H groups in total. The molecule has 0 aliphatic heterocycles. The zero-order chi connectivity index (χ0) is 15.2. The Morgan fingerprint density at radius 2 is 1.81 bits per heavy atom. The highest BCUT2D eigenvalue weighted by atomic mass is 35.5. The van der Waals surface area contributed by atoms with Crippen molar-refractivity contribution < 1.29 is 0 Å². The van der Waals surface area contributed by atoms with Gasteiger partial charge < -0.3 is 10.6 Å². The summed E-state index contributed by atoms with van der Waals surface area (Å²) in [6.45, 7) is 5.14. The van der Waals surface area contributed by atoms with Gasteiger partial charge in [0.1, 0.15) is 0 Å². The number of halogens is 1. The summed E-state index contributed by atoms with van der Waals surface area (Å²) in [6, 6.07) is 16.5. The molecule has 0 fully saturated rings. The van der Waals surface area contributed by atoms with Crippen LogP contribution in [0.5, 0.6) is 0 Å². The number of nitrogens with zero attached hydrogens (tertiary/aromatic N) is 1. The third-order valence-electron chi connectivity index (χ3n) is 3.59. The van der Waals surface area contributed by atoms with Crippen LogP contribution in [0.25, 0.3) is 0 Å². The first kappa shape index (κ1) is 15.9. The second-order valence-electron chi connectivity index (χ2n) is 5.34. The van der Waals surface area contributed by atoms with Gasteiger partial charge in [-0.25, -0.2) is 0 Å². The smallest absolute Gasteiger partial charge is 0.0474 e. The molecule has 0 aliphatic rings. The average Bonchev–Trinajstić information content (AvgIpc) is 2.48. The van der Waals surface area contributed by atoms with Crippen LogP contribution in [-0.2, 0) is 0 Å². The standard InChI is InChI=1S/C18H23ClN2/c1-3-4-12-21(15-8-6-5-7-9-15)16-10-11-17(14(2)20)18(19)13-16/h5-11,13-14H,3-4,12,20H2,1-2H3. The average molecular weight is 303 g/mol. The fourth-order valence-electron chi connectivity index (χ4n) is 2.38. The van der Waals surface area contributed by atoms with E-state index in [9.17, 15) is 0 Å². The summed E-state index contributed by atoms with van der Waals surface area (Å²) < 4.78 is 0. The van der Waals surface area contributed by atoms with Crippen molar-refractivity contribution in [2.45, 2.75) is 32.7 Å². The zero-order valence-corrected chi connectivity index (χ0v) is 13.5. The van der Waals surface area contributed by atoms with E-state index >= 15 is 0 Å². The molecule has 21 heavy (non-hydrogen) atoms. The fourth-order valence-corrected chi connectivity index (χ4v) is 2.73. The minimum atomic E-state index is -0.0487. The Bertz CT molecular complexity index is 567. The van der Waals surface area contributed by atoms with Gasteiger partial charge >= 0.3 is 0 Å². The highest BCUT2D eigenvalue weighted by Crippen LogP contribution is 2.31. The van der Waals surface area contributed by atoms with E-state index in [0.29, 0.717) is 0 Å². The van der Waals surface area contributed by atoms with Gasteiger partial charge in [0.25, 0.3) is 0 Å². The summed E-state index contributed by atoms with van der Waals surface area (Å²) >= 11 is 6.38. The molecule has 0 aliphatic carbocycles. The quantitative estimate of drug-likeness (QED) is 0.784. The van der Waals surface area contributed by atoms with Crippen LogP contribution in [0.2, 0.25) is 5.02 Å². The summed E-state index contributed by atoms with van der Waals surface area (Å²) in [5.74, 6) is 0. The lowest BCUT2D eigenvalue weighted by atomic mass is 10.1. The van der Waals surface area contributed by atoms with Crippen LogP contribution in [0.3, 0.4) is 0 Å². The Morgan fingerprint density at radius 3 is 2.38 bits per heavy atom. The maximum atomic E-state index is 6.38. The molecular weight excluding hydrogens is 280 g/mol. The van der Waals surface area contributed by atoms with Crippen molar-refractivity contribution in [3.8, 4) is 0 Å². The number of nitrogens with two attached hydrogens (primary N) is 1. The molecular formula is C18H23ClN2. The third kappa shape index (κ3) is 3.99. The molecule has 2 aromatic rings. The first-order valence-corrected chi connectivity index (χ1v) is 7.89. The highest BCUT2D eigenvalue weighted by Gasteiger charge is 2.12. The van der Waals surface area contributed by atoms with Crippen LogP contribution < -0.4 is 10.6 Å². The van der Waals surface area contributed by atoms with E-state index in [0.717, 1.165) is 35.7 Å². The SMILES string of the molecule is CCCCN(c1ccccc1)c1ccc(C(C)N)c(Cl)c1. The fraction of sp³-hybridized carbons (Fsp3) is 0.333. The van der Waals surface area contributed by atoms with E-state index in [4.69, 9.17) is 17.3 Å². The summed E-state index contributed by atoms with van der Waals surface area (Å²) in [5.41, 5.74) is 9.23. The molecule has 2 rings (SSSR count). The van der Waals surface area contributed by atoms with Gasteiger partial charge in [0.2, 0.25) is 0 Å². The molecule has 0 amide bonds. The van der Waals surface area contributed by atoms with Gasteiger partial charge in [-0.1, -0.05) is 49.2 Å². The summed E-state index contributed by atoms with van der Waals surface area (Å²) in [6.07, 6.45) is 2.30.